The van der Waals surface area contributed by atoms with E-state index < -0.39 is 0 Å². The number of hydrogen-bond donors (Lipinski definition) is 1. The largest absolute Gasteiger partial charge is 0.366 e. The third kappa shape index (κ3) is 3.08. The Kier molecular flexibility index (Phi) is 4.70. The van der Waals surface area contributed by atoms with Crippen molar-refractivity contribution in [1.82, 2.24) is 9.97 Å². The summed E-state index contributed by atoms with van der Waals surface area (Å²) in [5.41, 5.74) is 0. The number of nitrogens with zero attached hydrogens (tertiary/aromatic N) is 2. The molecular weight excluding hydrogens is 286 g/mol. The van der Waals surface area contributed by atoms with Crippen LogP contribution in [-0.4, -0.2) is 28.0 Å². The first-order chi connectivity index (χ1) is 8.63. The van der Waals surface area contributed by atoms with Gasteiger partial charge in [-0.25, -0.2) is 9.97 Å². The van der Waals surface area contributed by atoms with Crippen LogP contribution in [0.1, 0.15) is 18.2 Å². The van der Waals surface area contributed by atoms with E-state index in [4.69, 9.17) is 11.6 Å². The van der Waals surface area contributed by atoms with E-state index >= 15 is 0 Å². The van der Waals surface area contributed by atoms with Gasteiger partial charge in [-0.1, -0.05) is 6.92 Å². The Bertz CT molecular complexity index is 541. The van der Waals surface area contributed by atoms with Crippen molar-refractivity contribution in [2.45, 2.75) is 26.3 Å². The highest BCUT2D eigenvalue weighted by Crippen LogP contribution is 2.30. The smallest absolute Gasteiger partial charge is 0.225 e. The predicted molar refractivity (Wildman–Crippen MR) is 83.2 cm³/mol. The average molecular weight is 302 g/mol. The fraction of sp³-hybridized carbons (Fsp3) is 0.500. The van der Waals surface area contributed by atoms with Crippen LogP contribution in [0.4, 0.5) is 5.82 Å². The van der Waals surface area contributed by atoms with Crippen molar-refractivity contribution in [2.24, 2.45) is 0 Å². The number of halogens is 1. The summed E-state index contributed by atoms with van der Waals surface area (Å²) in [6.07, 6.45) is 3.18. The maximum absolute atomic E-state index is 5.98. The van der Waals surface area contributed by atoms with Crippen LogP contribution in [0.15, 0.2) is 6.07 Å². The summed E-state index contributed by atoms with van der Waals surface area (Å²) in [5.74, 6) is 1.91. The Morgan fingerprint density at radius 2 is 2.28 bits per heavy atom. The van der Waals surface area contributed by atoms with Gasteiger partial charge in [-0.2, -0.15) is 11.8 Å². The molecule has 0 aliphatic heterocycles. The van der Waals surface area contributed by atoms with Crippen LogP contribution < -0.4 is 5.32 Å². The van der Waals surface area contributed by atoms with E-state index in [1.165, 1.54) is 4.88 Å². The molecule has 2 aromatic rings. The van der Waals surface area contributed by atoms with Gasteiger partial charge in [0.05, 0.1) is 5.39 Å². The molecule has 1 unspecified atom stereocenters. The molecule has 0 spiro atoms. The van der Waals surface area contributed by atoms with E-state index in [9.17, 15) is 0 Å². The van der Waals surface area contributed by atoms with Crippen LogP contribution in [0.2, 0.25) is 5.28 Å². The van der Waals surface area contributed by atoms with E-state index in [0.29, 0.717) is 11.3 Å². The maximum atomic E-state index is 5.98. The quantitative estimate of drug-likeness (QED) is 0.840. The van der Waals surface area contributed by atoms with Crippen LogP contribution in [0.3, 0.4) is 0 Å². The van der Waals surface area contributed by atoms with Crippen molar-refractivity contribution < 1.29 is 0 Å². The van der Waals surface area contributed by atoms with Gasteiger partial charge in [0, 0.05) is 16.7 Å². The Morgan fingerprint density at radius 1 is 1.50 bits per heavy atom. The molecule has 2 heterocycles. The minimum atomic E-state index is 0.311. The van der Waals surface area contributed by atoms with Crippen molar-refractivity contribution in [3.63, 3.8) is 0 Å². The highest BCUT2D eigenvalue weighted by Gasteiger charge is 2.13. The molecule has 1 N–H and O–H groups in total. The monoisotopic (exact) mass is 301 g/mol. The standard InChI is InChI=1S/C12H16ClN3S2/c1-4-8(6-17-3)14-10-9-5-7(2)18-11(9)16-12(13)15-10/h5,8H,4,6H2,1-3H3,(H,14,15,16). The van der Waals surface area contributed by atoms with Crippen LogP contribution in [0.25, 0.3) is 10.2 Å². The van der Waals surface area contributed by atoms with Gasteiger partial charge in [-0.05, 0) is 37.3 Å². The highest BCUT2D eigenvalue weighted by atomic mass is 35.5. The lowest BCUT2D eigenvalue weighted by molar-refractivity contribution is 0.771. The first-order valence-electron chi connectivity index (χ1n) is 5.83. The third-order valence-corrected chi connectivity index (χ3v) is 4.54. The lowest BCUT2D eigenvalue weighted by Crippen LogP contribution is -2.22. The first-order valence-corrected chi connectivity index (χ1v) is 8.42. The summed E-state index contributed by atoms with van der Waals surface area (Å²) in [4.78, 5) is 10.8. The van der Waals surface area contributed by atoms with Crippen molar-refractivity contribution in [3.05, 3.63) is 16.2 Å². The minimum Gasteiger partial charge on any atom is -0.366 e. The van der Waals surface area contributed by atoms with E-state index in [1.807, 2.05) is 11.8 Å². The molecule has 0 fully saturated rings. The molecule has 2 rings (SSSR count). The van der Waals surface area contributed by atoms with Gasteiger partial charge in [0.1, 0.15) is 10.6 Å². The highest BCUT2D eigenvalue weighted by molar-refractivity contribution is 7.98. The average Bonchev–Trinajstić information content (AvgIpc) is 2.68. The maximum Gasteiger partial charge on any atom is 0.225 e. The number of anilines is 1. The molecule has 6 heteroatoms. The summed E-state index contributed by atoms with van der Waals surface area (Å²) in [6.45, 7) is 4.25. The van der Waals surface area contributed by atoms with Gasteiger partial charge in [0.15, 0.2) is 0 Å². The Labute approximate surface area is 120 Å². The second-order valence-corrected chi connectivity index (χ2v) is 6.61. The number of hydrogen-bond acceptors (Lipinski definition) is 5. The topological polar surface area (TPSA) is 37.8 Å². The number of aromatic nitrogens is 2. The first kappa shape index (κ1) is 13.9. The van der Waals surface area contributed by atoms with E-state index in [-0.39, 0.29) is 0 Å². The molecule has 0 aliphatic rings. The molecule has 18 heavy (non-hydrogen) atoms. The van der Waals surface area contributed by atoms with Crippen molar-refractivity contribution >= 4 is 50.7 Å². The van der Waals surface area contributed by atoms with Gasteiger partial charge >= 0.3 is 0 Å². The number of aryl methyl sites for hydroxylation is 1. The molecule has 98 valence electrons. The second-order valence-electron chi connectivity index (χ2n) is 4.12. The molecule has 0 saturated heterocycles. The van der Waals surface area contributed by atoms with Gasteiger partial charge in [-0.3, -0.25) is 0 Å². The number of fused-ring (bicyclic) bond motifs is 1. The van der Waals surface area contributed by atoms with Gasteiger partial charge in [-0.15, -0.1) is 11.3 Å². The molecule has 0 bridgehead atoms. The second kappa shape index (κ2) is 6.08. The number of rotatable bonds is 5. The van der Waals surface area contributed by atoms with Crippen LogP contribution in [0.5, 0.6) is 0 Å². The molecule has 1 atom stereocenters. The van der Waals surface area contributed by atoms with Crippen molar-refractivity contribution in [2.75, 3.05) is 17.3 Å². The minimum absolute atomic E-state index is 0.311. The summed E-state index contributed by atoms with van der Waals surface area (Å²) < 4.78 is 0. The van der Waals surface area contributed by atoms with Gasteiger partial charge in [0.2, 0.25) is 5.28 Å². The summed E-state index contributed by atoms with van der Waals surface area (Å²) >= 11 is 9.46. The molecule has 3 nitrogen and oxygen atoms in total. The summed E-state index contributed by atoms with van der Waals surface area (Å²) in [6, 6.07) is 2.53. The van der Waals surface area contributed by atoms with Crippen LogP contribution >= 0.6 is 34.7 Å². The van der Waals surface area contributed by atoms with Gasteiger partial charge in [0.25, 0.3) is 0 Å². The van der Waals surface area contributed by atoms with Crippen LogP contribution in [-0.2, 0) is 0 Å². The van der Waals surface area contributed by atoms with Crippen LogP contribution in [0, 0.1) is 6.92 Å². The zero-order valence-corrected chi connectivity index (χ0v) is 13.0. The normalized spacial score (nSPS) is 12.9. The zero-order chi connectivity index (χ0) is 13.1. The molecule has 2 aromatic heterocycles. The van der Waals surface area contributed by atoms with Gasteiger partial charge < -0.3 is 5.32 Å². The van der Waals surface area contributed by atoms with Crippen molar-refractivity contribution in [3.8, 4) is 0 Å². The molecule has 0 aromatic carbocycles. The summed E-state index contributed by atoms with van der Waals surface area (Å²) in [5, 5.41) is 4.86. The van der Waals surface area contributed by atoms with E-state index in [0.717, 1.165) is 28.2 Å². The number of thiophene rings is 1. The van der Waals surface area contributed by atoms with Crippen molar-refractivity contribution in [1.29, 1.82) is 0 Å². The Morgan fingerprint density at radius 3 is 2.94 bits per heavy atom. The predicted octanol–water partition coefficient (Wildman–Crippen LogP) is 4.21. The molecule has 0 aliphatic carbocycles. The fourth-order valence-electron chi connectivity index (χ4n) is 1.78. The number of thioether (sulfide) groups is 1. The molecular formula is C12H16ClN3S2. The SMILES string of the molecule is CCC(CSC)Nc1nc(Cl)nc2sc(C)cc12. The zero-order valence-electron chi connectivity index (χ0n) is 10.7. The number of nitrogens with one attached hydrogen (secondary N) is 1. The van der Waals surface area contributed by atoms with E-state index in [2.05, 4.69) is 41.5 Å². The molecule has 0 amide bonds. The summed E-state index contributed by atoms with van der Waals surface area (Å²) in [7, 11) is 0. The fourth-order valence-corrected chi connectivity index (χ4v) is 3.60. The Hall–Kier alpha value is -0.520. The Balaban J connectivity index is 2.36. The van der Waals surface area contributed by atoms with E-state index in [1.54, 1.807) is 11.3 Å². The third-order valence-electron chi connectivity index (χ3n) is 2.69. The lowest BCUT2D eigenvalue weighted by Gasteiger charge is -2.16. The molecule has 0 radical (unpaired) electrons. The molecule has 0 saturated carbocycles. The lowest BCUT2D eigenvalue weighted by atomic mass is 10.2.